The van der Waals surface area contributed by atoms with E-state index in [2.05, 4.69) is 25.6 Å². The van der Waals surface area contributed by atoms with Crippen molar-refractivity contribution >= 4 is 11.9 Å². The number of carbonyl (C=O) groups excluding carboxylic acids is 2. The van der Waals surface area contributed by atoms with E-state index in [4.69, 9.17) is 0 Å². The molecule has 0 aliphatic carbocycles. The highest BCUT2D eigenvalue weighted by atomic mass is 16.5. The van der Waals surface area contributed by atoms with Gasteiger partial charge in [0.05, 0.1) is 6.61 Å². The summed E-state index contributed by atoms with van der Waals surface area (Å²) in [4.78, 5) is 22.0. The molecule has 0 fully saturated rings. The molecule has 8 heteroatoms. The Bertz CT molecular complexity index is 323. The summed E-state index contributed by atoms with van der Waals surface area (Å²) < 4.78 is 5.88. The summed E-state index contributed by atoms with van der Waals surface area (Å²) in [5, 5.41) is 12.6. The highest BCUT2D eigenvalue weighted by Gasteiger charge is 2.06. The van der Waals surface area contributed by atoms with Crippen LogP contribution < -0.4 is 5.32 Å². The van der Waals surface area contributed by atoms with E-state index in [1.54, 1.807) is 6.92 Å². The van der Waals surface area contributed by atoms with Gasteiger partial charge in [-0.25, -0.2) is 4.68 Å². The van der Waals surface area contributed by atoms with Crippen molar-refractivity contribution in [3.8, 4) is 0 Å². The van der Waals surface area contributed by atoms with E-state index in [0.717, 1.165) is 0 Å². The molecule has 0 atom stereocenters. The van der Waals surface area contributed by atoms with Crippen molar-refractivity contribution < 1.29 is 14.3 Å². The van der Waals surface area contributed by atoms with Gasteiger partial charge in [-0.15, -0.1) is 5.10 Å². The van der Waals surface area contributed by atoms with Crippen molar-refractivity contribution in [3.63, 3.8) is 0 Å². The Morgan fingerprint density at radius 2 is 2.33 bits per heavy atom. The van der Waals surface area contributed by atoms with Crippen LogP contribution in [0.4, 0.5) is 0 Å². The highest BCUT2D eigenvalue weighted by Crippen LogP contribution is 1.79. The predicted octanol–water partition coefficient (Wildman–Crippen LogP) is -1.65. The van der Waals surface area contributed by atoms with E-state index in [9.17, 15) is 9.59 Å². The number of nitrogens with one attached hydrogen (secondary N) is 1. The molecule has 8 nitrogen and oxygen atoms in total. The van der Waals surface area contributed by atoms with E-state index in [0.29, 0.717) is 6.61 Å². The van der Waals surface area contributed by atoms with Crippen LogP contribution in [0, 0.1) is 0 Å². The van der Waals surface area contributed by atoms with Gasteiger partial charge in [-0.2, -0.15) is 0 Å². The summed E-state index contributed by atoms with van der Waals surface area (Å²) in [7, 11) is 0. The maximum Gasteiger partial charge on any atom is 0.325 e. The monoisotopic (exact) mass is 213 g/mol. The topological polar surface area (TPSA) is 99.0 Å². The molecule has 1 N–H and O–H groups in total. The van der Waals surface area contributed by atoms with Crippen molar-refractivity contribution in [2.75, 3.05) is 13.2 Å². The molecular formula is C7H11N5O3. The molecule has 0 saturated carbocycles. The number of ether oxygens (including phenoxy) is 1. The van der Waals surface area contributed by atoms with Gasteiger partial charge in [0.1, 0.15) is 19.4 Å². The molecule has 0 spiro atoms. The molecule has 1 heterocycles. The standard InChI is InChI=1S/C7H11N5O3/c1-2-15-7(14)3-8-6(13)4-12-5-9-10-11-12/h5H,2-4H2,1H3,(H,8,13). The van der Waals surface area contributed by atoms with Crippen LogP contribution in [0.25, 0.3) is 0 Å². The number of rotatable bonds is 5. The zero-order chi connectivity index (χ0) is 11.1. The molecule has 0 aliphatic rings. The van der Waals surface area contributed by atoms with Crippen LogP contribution in [-0.2, 0) is 20.9 Å². The van der Waals surface area contributed by atoms with Gasteiger partial charge in [-0.05, 0) is 17.4 Å². The van der Waals surface area contributed by atoms with Crippen molar-refractivity contribution in [1.29, 1.82) is 0 Å². The van der Waals surface area contributed by atoms with Gasteiger partial charge >= 0.3 is 5.97 Å². The third-order valence-electron chi connectivity index (χ3n) is 1.43. The van der Waals surface area contributed by atoms with Crippen molar-refractivity contribution in [3.05, 3.63) is 6.33 Å². The number of hydrogen-bond donors (Lipinski definition) is 1. The second-order valence-electron chi connectivity index (χ2n) is 2.59. The number of nitrogens with zero attached hydrogens (tertiary/aromatic N) is 4. The van der Waals surface area contributed by atoms with Crippen LogP contribution in [-0.4, -0.2) is 45.2 Å². The van der Waals surface area contributed by atoms with Crippen molar-refractivity contribution in [2.24, 2.45) is 0 Å². The summed E-state index contributed by atoms with van der Waals surface area (Å²) >= 11 is 0. The SMILES string of the molecule is CCOC(=O)CNC(=O)Cn1cnnn1. The zero-order valence-electron chi connectivity index (χ0n) is 8.21. The van der Waals surface area contributed by atoms with Gasteiger partial charge in [-0.3, -0.25) is 9.59 Å². The quantitative estimate of drug-likeness (QED) is 0.588. The molecule has 0 bridgehead atoms. The van der Waals surface area contributed by atoms with Gasteiger partial charge in [-0.1, -0.05) is 0 Å². The molecule has 15 heavy (non-hydrogen) atoms. The lowest BCUT2D eigenvalue weighted by atomic mass is 10.5. The lowest BCUT2D eigenvalue weighted by Crippen LogP contribution is -2.33. The first-order valence-electron chi connectivity index (χ1n) is 4.35. The van der Waals surface area contributed by atoms with Crippen LogP contribution in [0.15, 0.2) is 6.33 Å². The maximum atomic E-state index is 11.2. The minimum absolute atomic E-state index is 0.0214. The van der Waals surface area contributed by atoms with Crippen LogP contribution in [0.2, 0.25) is 0 Å². The lowest BCUT2D eigenvalue weighted by molar-refractivity contribution is -0.143. The van der Waals surface area contributed by atoms with E-state index in [1.165, 1.54) is 11.0 Å². The summed E-state index contributed by atoms with van der Waals surface area (Å²) in [6.07, 6.45) is 1.31. The van der Waals surface area contributed by atoms with E-state index < -0.39 is 5.97 Å². The van der Waals surface area contributed by atoms with Gasteiger partial charge in [0.25, 0.3) is 0 Å². The largest absolute Gasteiger partial charge is 0.465 e. The molecule has 82 valence electrons. The second kappa shape index (κ2) is 5.68. The fourth-order valence-corrected chi connectivity index (χ4v) is 0.839. The molecule has 1 aromatic rings. The molecule has 0 aliphatic heterocycles. The van der Waals surface area contributed by atoms with Crippen molar-refractivity contribution in [1.82, 2.24) is 25.5 Å². The predicted molar refractivity (Wildman–Crippen MR) is 47.5 cm³/mol. The number of carbonyl (C=O) groups is 2. The van der Waals surface area contributed by atoms with Gasteiger partial charge in [0.2, 0.25) is 5.91 Å². The van der Waals surface area contributed by atoms with Gasteiger partial charge in [0.15, 0.2) is 0 Å². The highest BCUT2D eigenvalue weighted by molar-refractivity contribution is 5.81. The van der Waals surface area contributed by atoms with Gasteiger partial charge < -0.3 is 10.1 Å². The van der Waals surface area contributed by atoms with Crippen LogP contribution >= 0.6 is 0 Å². The molecular weight excluding hydrogens is 202 g/mol. The third-order valence-corrected chi connectivity index (χ3v) is 1.43. The minimum atomic E-state index is -0.470. The number of hydrogen-bond acceptors (Lipinski definition) is 6. The first-order valence-corrected chi connectivity index (χ1v) is 4.35. The molecule has 0 saturated heterocycles. The Hall–Kier alpha value is -1.99. The van der Waals surface area contributed by atoms with Crippen LogP contribution in [0.5, 0.6) is 0 Å². The minimum Gasteiger partial charge on any atom is -0.465 e. The number of aromatic nitrogens is 4. The zero-order valence-corrected chi connectivity index (χ0v) is 8.21. The average Bonchev–Trinajstić information content (AvgIpc) is 2.68. The summed E-state index contributed by atoms with van der Waals surface area (Å²) in [6.45, 7) is 1.82. The summed E-state index contributed by atoms with van der Waals surface area (Å²) in [6, 6.07) is 0. The number of esters is 1. The molecule has 1 aromatic heterocycles. The molecule has 0 aromatic carbocycles. The first-order chi connectivity index (χ1) is 7.22. The molecule has 1 rings (SSSR count). The fraction of sp³-hybridized carbons (Fsp3) is 0.571. The summed E-state index contributed by atoms with van der Waals surface area (Å²) in [5.74, 6) is -0.821. The third kappa shape index (κ3) is 4.16. The second-order valence-corrected chi connectivity index (χ2v) is 2.59. The number of amides is 1. The molecule has 0 radical (unpaired) electrons. The van der Waals surface area contributed by atoms with Crippen LogP contribution in [0.3, 0.4) is 0 Å². The Labute approximate surface area is 85.6 Å². The van der Waals surface area contributed by atoms with Crippen LogP contribution in [0.1, 0.15) is 6.92 Å². The van der Waals surface area contributed by atoms with E-state index in [1.807, 2.05) is 0 Å². The lowest BCUT2D eigenvalue weighted by Gasteiger charge is -2.03. The average molecular weight is 213 g/mol. The summed E-state index contributed by atoms with van der Waals surface area (Å²) in [5.41, 5.74) is 0. The van der Waals surface area contributed by atoms with E-state index >= 15 is 0 Å². The van der Waals surface area contributed by atoms with Crippen molar-refractivity contribution in [2.45, 2.75) is 13.5 Å². The molecule has 0 unspecified atom stereocenters. The Kier molecular flexibility index (Phi) is 4.20. The Balaban J connectivity index is 2.22. The van der Waals surface area contributed by atoms with E-state index in [-0.39, 0.29) is 19.0 Å². The maximum absolute atomic E-state index is 11.2. The Morgan fingerprint density at radius 1 is 1.53 bits per heavy atom. The van der Waals surface area contributed by atoms with Gasteiger partial charge in [0, 0.05) is 0 Å². The Morgan fingerprint density at radius 3 is 2.93 bits per heavy atom. The number of tetrazole rings is 1. The first kappa shape index (κ1) is 11.1. The smallest absolute Gasteiger partial charge is 0.325 e. The normalized spacial score (nSPS) is 9.67. The fourth-order valence-electron chi connectivity index (χ4n) is 0.839. The molecule has 1 amide bonds.